The maximum absolute atomic E-state index is 11.0. The van der Waals surface area contributed by atoms with Crippen LogP contribution in [-0.2, 0) is 12.5 Å². The van der Waals surface area contributed by atoms with E-state index in [1.165, 1.54) is 12.1 Å². The fourth-order valence-corrected chi connectivity index (χ4v) is 2.24. The topological polar surface area (TPSA) is 82.1 Å². The maximum atomic E-state index is 11.0. The number of hydrogen-bond donors (Lipinski definition) is 1. The van der Waals surface area contributed by atoms with E-state index in [1.54, 1.807) is 13.2 Å². The largest absolute Gasteiger partial charge is 0.491 e. The van der Waals surface area contributed by atoms with E-state index in [0.717, 1.165) is 0 Å². The first-order chi connectivity index (χ1) is 9.19. The first-order valence-corrected chi connectivity index (χ1v) is 7.49. The molecular weight excluding hydrogens is 367 g/mol. The summed E-state index contributed by atoms with van der Waals surface area (Å²) in [5.74, 6) is -0.679. The van der Waals surface area contributed by atoms with Crippen molar-refractivity contribution < 1.29 is 27.2 Å². The summed E-state index contributed by atoms with van der Waals surface area (Å²) in [7, 11) is 1.59. The highest BCUT2D eigenvalue weighted by Gasteiger charge is 2.11. The Kier molecular flexibility index (Phi) is 7.53. The standard InChI is InChI=1S/C12H15IO6/c1-17-4-5-18-6-7-19-9-2-3-11(13-16)10(8-9)12(14)15/h2-3,8H,4-7H2,1H3,(H,14,15). The highest BCUT2D eigenvalue weighted by molar-refractivity contribution is 14.1. The van der Waals surface area contributed by atoms with Crippen LogP contribution in [0.5, 0.6) is 5.75 Å². The lowest BCUT2D eigenvalue weighted by molar-refractivity contribution is 0.0543. The highest BCUT2D eigenvalue weighted by atomic mass is 127. The molecule has 0 radical (unpaired) electrons. The molecule has 0 aliphatic rings. The van der Waals surface area contributed by atoms with Gasteiger partial charge in [-0.2, -0.15) is 0 Å². The van der Waals surface area contributed by atoms with Crippen molar-refractivity contribution in [1.82, 2.24) is 0 Å². The van der Waals surface area contributed by atoms with Crippen molar-refractivity contribution in [2.75, 3.05) is 33.5 Å². The van der Waals surface area contributed by atoms with Gasteiger partial charge >= 0.3 is 5.97 Å². The number of carbonyl (C=O) groups is 1. The molecule has 0 aliphatic carbocycles. The molecule has 1 rings (SSSR count). The van der Waals surface area contributed by atoms with Crippen LogP contribution in [0.2, 0.25) is 0 Å². The Morgan fingerprint density at radius 2 is 2.00 bits per heavy atom. The van der Waals surface area contributed by atoms with E-state index in [4.69, 9.17) is 19.3 Å². The predicted molar refractivity (Wildman–Crippen MR) is 75.0 cm³/mol. The minimum Gasteiger partial charge on any atom is -0.491 e. The Labute approximate surface area is 121 Å². The van der Waals surface area contributed by atoms with Gasteiger partial charge in [-0.25, -0.2) is 4.79 Å². The van der Waals surface area contributed by atoms with Crippen molar-refractivity contribution in [1.29, 1.82) is 0 Å². The Hall–Kier alpha value is -1.06. The summed E-state index contributed by atoms with van der Waals surface area (Å²) in [5, 5.41) is 8.97. The first kappa shape index (κ1) is 16.0. The van der Waals surface area contributed by atoms with Crippen LogP contribution in [0, 0.1) is 3.57 Å². The van der Waals surface area contributed by atoms with Crippen molar-refractivity contribution in [2.45, 2.75) is 0 Å². The smallest absolute Gasteiger partial charge is 0.337 e. The van der Waals surface area contributed by atoms with Crippen molar-refractivity contribution >= 4 is 27.2 Å². The number of methoxy groups -OCH3 is 1. The average molecular weight is 382 g/mol. The molecule has 0 saturated heterocycles. The zero-order valence-electron chi connectivity index (χ0n) is 10.4. The number of ether oxygens (including phenoxy) is 3. The molecule has 0 fully saturated rings. The minimum atomic E-state index is -1.51. The van der Waals surface area contributed by atoms with Crippen LogP contribution >= 0.6 is 21.2 Å². The van der Waals surface area contributed by atoms with Crippen LogP contribution in [-0.4, -0.2) is 44.6 Å². The summed E-state index contributed by atoms with van der Waals surface area (Å²) in [4.78, 5) is 11.0. The van der Waals surface area contributed by atoms with Crippen LogP contribution in [0.4, 0.5) is 0 Å². The number of aromatic carboxylic acids is 1. The van der Waals surface area contributed by atoms with E-state index in [1.807, 2.05) is 0 Å². The van der Waals surface area contributed by atoms with Crippen LogP contribution < -0.4 is 4.74 Å². The Morgan fingerprint density at radius 1 is 1.26 bits per heavy atom. The van der Waals surface area contributed by atoms with Gasteiger partial charge in [0.15, 0.2) is 21.2 Å². The molecule has 0 unspecified atom stereocenters. The lowest BCUT2D eigenvalue weighted by Gasteiger charge is -2.08. The highest BCUT2D eigenvalue weighted by Crippen LogP contribution is 2.22. The van der Waals surface area contributed by atoms with Crippen LogP contribution in [0.25, 0.3) is 0 Å². The van der Waals surface area contributed by atoms with E-state index < -0.39 is 27.2 Å². The molecule has 0 bridgehead atoms. The number of rotatable bonds is 9. The second kappa shape index (κ2) is 8.94. The molecule has 7 heteroatoms. The van der Waals surface area contributed by atoms with Gasteiger partial charge in [-0.15, -0.1) is 0 Å². The van der Waals surface area contributed by atoms with Crippen molar-refractivity contribution in [3.05, 3.63) is 27.3 Å². The molecule has 0 heterocycles. The molecule has 0 saturated carbocycles. The molecule has 1 aromatic carbocycles. The van der Waals surface area contributed by atoms with E-state index in [9.17, 15) is 7.86 Å². The quantitative estimate of drug-likeness (QED) is 0.519. The molecule has 1 aromatic rings. The monoisotopic (exact) mass is 382 g/mol. The van der Waals surface area contributed by atoms with Gasteiger partial charge in [-0.3, -0.25) is 3.07 Å². The zero-order valence-corrected chi connectivity index (χ0v) is 12.6. The van der Waals surface area contributed by atoms with Crippen LogP contribution in [0.15, 0.2) is 18.2 Å². The van der Waals surface area contributed by atoms with E-state index in [2.05, 4.69) is 0 Å². The van der Waals surface area contributed by atoms with Gasteiger partial charge in [-0.05, 0) is 18.2 Å². The average Bonchev–Trinajstić information content (AvgIpc) is 2.42. The molecule has 0 aliphatic heterocycles. The summed E-state index contributed by atoms with van der Waals surface area (Å²) >= 11 is -1.51. The van der Waals surface area contributed by atoms with Gasteiger partial charge in [0.25, 0.3) is 0 Å². The summed E-state index contributed by atoms with van der Waals surface area (Å²) in [6, 6.07) is 4.50. The molecule has 0 atom stereocenters. The molecule has 19 heavy (non-hydrogen) atoms. The molecule has 6 nitrogen and oxygen atoms in total. The van der Waals surface area contributed by atoms with Gasteiger partial charge in [0.05, 0.1) is 29.0 Å². The third kappa shape index (κ3) is 5.62. The fourth-order valence-electron chi connectivity index (χ4n) is 1.29. The summed E-state index contributed by atoms with van der Waals surface area (Å²) in [5.41, 5.74) is 0.0283. The van der Waals surface area contributed by atoms with E-state index in [0.29, 0.717) is 35.7 Å². The number of hydrogen-bond acceptors (Lipinski definition) is 5. The molecule has 0 spiro atoms. The maximum Gasteiger partial charge on any atom is 0.337 e. The fraction of sp³-hybridized carbons (Fsp3) is 0.417. The van der Waals surface area contributed by atoms with Gasteiger partial charge in [-0.1, -0.05) is 0 Å². The van der Waals surface area contributed by atoms with Gasteiger partial charge in [0.1, 0.15) is 12.4 Å². The number of carboxylic acid groups (broad SMARTS) is 1. The molecular formula is C12H15IO6. The summed E-state index contributed by atoms with van der Waals surface area (Å²) in [6.07, 6.45) is 0. The minimum absolute atomic E-state index is 0.0283. The molecule has 106 valence electrons. The third-order valence-electron chi connectivity index (χ3n) is 2.18. The first-order valence-electron chi connectivity index (χ1n) is 5.53. The van der Waals surface area contributed by atoms with Crippen molar-refractivity contribution in [3.8, 4) is 5.75 Å². The number of benzene rings is 1. The SMILES string of the molecule is COCCOCCOc1ccc(I=O)c(C(=O)O)c1. The van der Waals surface area contributed by atoms with Crippen LogP contribution in [0.3, 0.4) is 0 Å². The van der Waals surface area contributed by atoms with Gasteiger partial charge < -0.3 is 19.3 Å². The van der Waals surface area contributed by atoms with Crippen molar-refractivity contribution in [3.63, 3.8) is 0 Å². The lowest BCUT2D eigenvalue weighted by atomic mass is 10.2. The summed E-state index contributed by atoms with van der Waals surface area (Å²) in [6.45, 7) is 1.71. The second-order valence-corrected chi connectivity index (χ2v) is 5.08. The third-order valence-corrected chi connectivity index (χ3v) is 3.59. The Morgan fingerprint density at radius 3 is 2.63 bits per heavy atom. The van der Waals surface area contributed by atoms with E-state index >= 15 is 0 Å². The molecule has 0 amide bonds. The predicted octanol–water partition coefficient (Wildman–Crippen LogP) is 1.91. The molecule has 0 aromatic heterocycles. The normalized spacial score (nSPS) is 10.4. The summed E-state index contributed by atoms with van der Waals surface area (Å²) < 4.78 is 26.6. The molecule has 1 N–H and O–H groups in total. The van der Waals surface area contributed by atoms with Crippen LogP contribution in [0.1, 0.15) is 10.4 Å². The number of carboxylic acids is 1. The second-order valence-electron chi connectivity index (χ2n) is 3.48. The van der Waals surface area contributed by atoms with Gasteiger partial charge in [0, 0.05) is 7.11 Å². The lowest BCUT2D eigenvalue weighted by Crippen LogP contribution is -2.10. The van der Waals surface area contributed by atoms with E-state index in [-0.39, 0.29) is 5.56 Å². The Balaban J connectivity index is 2.48. The van der Waals surface area contributed by atoms with Gasteiger partial charge in [0.2, 0.25) is 0 Å². The number of halogens is 1. The van der Waals surface area contributed by atoms with Crippen molar-refractivity contribution in [2.24, 2.45) is 0 Å². The zero-order chi connectivity index (χ0) is 14.1. The Bertz CT molecular complexity index is 434.